The van der Waals surface area contributed by atoms with Crippen molar-refractivity contribution in [3.8, 4) is 22.6 Å². The zero-order valence-electron chi connectivity index (χ0n) is 17.3. The zero-order valence-corrected chi connectivity index (χ0v) is 18.8. The van der Waals surface area contributed by atoms with Gasteiger partial charge in [-0.3, -0.25) is 0 Å². The van der Waals surface area contributed by atoms with Gasteiger partial charge in [0.1, 0.15) is 17.3 Å². The van der Waals surface area contributed by atoms with E-state index in [2.05, 4.69) is 11.9 Å². The van der Waals surface area contributed by atoms with Crippen LogP contribution in [-0.4, -0.2) is 24.2 Å². The zero-order chi connectivity index (χ0) is 21.0. The third-order valence-corrected chi connectivity index (χ3v) is 7.59. The van der Waals surface area contributed by atoms with Crippen molar-refractivity contribution in [3.63, 3.8) is 0 Å². The summed E-state index contributed by atoms with van der Waals surface area (Å²) in [6.07, 6.45) is 5.66. The van der Waals surface area contributed by atoms with E-state index in [1.807, 2.05) is 24.4 Å². The number of fused-ring (bicyclic) bond motifs is 2. The quantitative estimate of drug-likeness (QED) is 0.454. The fourth-order valence-corrected chi connectivity index (χ4v) is 5.89. The molecule has 0 aliphatic heterocycles. The number of methoxy groups -OCH3 is 2. The van der Waals surface area contributed by atoms with Crippen molar-refractivity contribution in [2.24, 2.45) is 23.7 Å². The second kappa shape index (κ2) is 7.58. The van der Waals surface area contributed by atoms with Crippen molar-refractivity contribution < 1.29 is 9.47 Å². The Morgan fingerprint density at radius 2 is 1.77 bits per heavy atom. The Kier molecular flexibility index (Phi) is 5.03. The van der Waals surface area contributed by atoms with Gasteiger partial charge in [-0.1, -0.05) is 36.2 Å². The van der Waals surface area contributed by atoms with Crippen LogP contribution in [0, 0.1) is 23.7 Å². The first kappa shape index (κ1) is 19.9. The predicted octanol–water partition coefficient (Wildman–Crippen LogP) is 6.46. The van der Waals surface area contributed by atoms with Crippen LogP contribution in [0.5, 0.6) is 11.5 Å². The normalized spacial score (nSPS) is 24.7. The molecule has 4 nitrogen and oxygen atoms in total. The van der Waals surface area contributed by atoms with E-state index in [0.29, 0.717) is 27.1 Å². The van der Waals surface area contributed by atoms with Crippen molar-refractivity contribution in [1.29, 1.82) is 0 Å². The monoisotopic (exact) mass is 442 g/mol. The van der Waals surface area contributed by atoms with Crippen LogP contribution in [0.15, 0.2) is 30.5 Å². The van der Waals surface area contributed by atoms with Crippen molar-refractivity contribution >= 4 is 34.1 Å². The lowest BCUT2D eigenvalue weighted by Crippen LogP contribution is -2.14. The van der Waals surface area contributed by atoms with Crippen molar-refractivity contribution in [3.05, 3.63) is 46.3 Å². The maximum atomic E-state index is 6.58. The van der Waals surface area contributed by atoms with Crippen LogP contribution in [0.1, 0.15) is 25.6 Å². The van der Waals surface area contributed by atoms with E-state index < -0.39 is 0 Å². The molecule has 6 heteroatoms. The molecule has 0 radical (unpaired) electrons. The highest BCUT2D eigenvalue weighted by molar-refractivity contribution is 6.41. The van der Waals surface area contributed by atoms with Gasteiger partial charge in [-0.15, -0.1) is 0 Å². The van der Waals surface area contributed by atoms with Gasteiger partial charge in [0.2, 0.25) is 0 Å². The van der Waals surface area contributed by atoms with E-state index in [4.69, 9.17) is 37.7 Å². The minimum atomic E-state index is 0.453. The molecule has 1 heterocycles. The van der Waals surface area contributed by atoms with Crippen molar-refractivity contribution in [2.45, 2.75) is 26.2 Å². The molecule has 30 heavy (non-hydrogen) atoms. The maximum Gasteiger partial charge on any atom is 0.141 e. The highest BCUT2D eigenvalue weighted by Crippen LogP contribution is 2.58. The summed E-state index contributed by atoms with van der Waals surface area (Å²) in [6.45, 7) is 2.38. The Bertz CT molecular complexity index is 1100. The van der Waals surface area contributed by atoms with Gasteiger partial charge in [0.15, 0.2) is 0 Å². The summed E-state index contributed by atoms with van der Waals surface area (Å²) in [5.41, 5.74) is 2.49. The molecular weight excluding hydrogens is 419 g/mol. The second-order valence-electron chi connectivity index (χ2n) is 8.58. The number of hydrogen-bond acceptors (Lipinski definition) is 4. The molecule has 0 spiro atoms. The van der Waals surface area contributed by atoms with Gasteiger partial charge in [0, 0.05) is 29.6 Å². The van der Waals surface area contributed by atoms with E-state index in [9.17, 15) is 0 Å². The highest BCUT2D eigenvalue weighted by Gasteiger charge is 2.51. The molecule has 0 bridgehead atoms. The summed E-state index contributed by atoms with van der Waals surface area (Å²) in [5.74, 6) is 5.35. The molecule has 156 valence electrons. The van der Waals surface area contributed by atoms with Gasteiger partial charge in [-0.25, -0.2) is 9.97 Å². The second-order valence-corrected chi connectivity index (χ2v) is 9.34. The molecule has 2 aliphatic carbocycles. The predicted molar refractivity (Wildman–Crippen MR) is 121 cm³/mol. The Hall–Kier alpha value is -2.04. The Balaban J connectivity index is 1.50. The summed E-state index contributed by atoms with van der Waals surface area (Å²) in [5, 5.41) is 1.86. The van der Waals surface area contributed by atoms with Gasteiger partial charge >= 0.3 is 0 Å². The molecule has 2 aromatic carbocycles. The summed E-state index contributed by atoms with van der Waals surface area (Å²) in [6, 6.07) is 7.70. The summed E-state index contributed by atoms with van der Waals surface area (Å²) >= 11 is 13.2. The molecule has 4 atom stereocenters. The Morgan fingerprint density at radius 3 is 2.40 bits per heavy atom. The first-order chi connectivity index (χ1) is 14.5. The first-order valence-electron chi connectivity index (χ1n) is 10.4. The molecule has 5 rings (SSSR count). The summed E-state index contributed by atoms with van der Waals surface area (Å²) < 4.78 is 10.8. The molecule has 1 aromatic heterocycles. The van der Waals surface area contributed by atoms with E-state index >= 15 is 0 Å². The summed E-state index contributed by atoms with van der Waals surface area (Å²) in [4.78, 5) is 9.53. The number of aromatic nitrogens is 2. The lowest BCUT2D eigenvalue weighted by Gasteiger charge is -2.18. The fourth-order valence-electron chi connectivity index (χ4n) is 5.17. The number of hydrogen-bond donors (Lipinski definition) is 0. The highest BCUT2D eigenvalue weighted by atomic mass is 35.5. The average molecular weight is 443 g/mol. The third kappa shape index (κ3) is 3.30. The van der Waals surface area contributed by atoms with E-state index in [0.717, 1.165) is 52.4 Å². The summed E-state index contributed by atoms with van der Waals surface area (Å²) in [7, 11) is 3.15. The first-order valence-corrected chi connectivity index (χ1v) is 11.1. The standard InChI is InChI=1S/C24H24Cl2N2O2/c1-12-6-14-8-17(14)16(12)9-21-27-11-15-7-13(4-5-18(15)28-21)22-23(25)19(29-2)10-20(30-3)24(22)26/h4-5,7,10-12,14,16-17H,6,8-9H2,1-3H3/t12-,14+,16-,17-/m0/s1. The van der Waals surface area contributed by atoms with Gasteiger partial charge in [0.05, 0.1) is 29.8 Å². The molecule has 0 amide bonds. The minimum absolute atomic E-state index is 0.453. The van der Waals surface area contributed by atoms with Gasteiger partial charge in [-0.05, 0) is 54.2 Å². The van der Waals surface area contributed by atoms with Crippen LogP contribution in [-0.2, 0) is 6.42 Å². The van der Waals surface area contributed by atoms with Crippen LogP contribution in [0.3, 0.4) is 0 Å². The van der Waals surface area contributed by atoms with Crippen LogP contribution in [0.2, 0.25) is 10.0 Å². The molecule has 0 N–H and O–H groups in total. The topological polar surface area (TPSA) is 44.2 Å². The largest absolute Gasteiger partial charge is 0.495 e. The van der Waals surface area contributed by atoms with Gasteiger partial charge < -0.3 is 9.47 Å². The third-order valence-electron chi connectivity index (χ3n) is 6.84. The lowest BCUT2D eigenvalue weighted by atomic mass is 9.89. The van der Waals surface area contributed by atoms with E-state index in [1.54, 1.807) is 20.3 Å². The molecule has 2 fully saturated rings. The van der Waals surface area contributed by atoms with Crippen molar-refractivity contribution in [2.75, 3.05) is 14.2 Å². The van der Waals surface area contributed by atoms with Gasteiger partial charge in [-0.2, -0.15) is 0 Å². The lowest BCUT2D eigenvalue weighted by molar-refractivity contribution is 0.354. The number of rotatable bonds is 5. The smallest absolute Gasteiger partial charge is 0.141 e. The van der Waals surface area contributed by atoms with Crippen LogP contribution in [0.4, 0.5) is 0 Å². The minimum Gasteiger partial charge on any atom is -0.495 e. The number of ether oxygens (including phenoxy) is 2. The maximum absolute atomic E-state index is 6.58. The molecule has 3 aromatic rings. The molecule has 2 aliphatic rings. The van der Waals surface area contributed by atoms with Crippen LogP contribution < -0.4 is 9.47 Å². The number of benzene rings is 2. The van der Waals surface area contributed by atoms with E-state index in [1.165, 1.54) is 12.8 Å². The number of nitrogens with zero attached hydrogens (tertiary/aromatic N) is 2. The van der Waals surface area contributed by atoms with Crippen LogP contribution >= 0.6 is 23.2 Å². The molecule has 2 saturated carbocycles. The molecular formula is C24H24Cl2N2O2. The van der Waals surface area contributed by atoms with Crippen LogP contribution in [0.25, 0.3) is 22.0 Å². The Labute approximate surface area is 186 Å². The molecule has 0 saturated heterocycles. The van der Waals surface area contributed by atoms with E-state index in [-0.39, 0.29) is 0 Å². The molecule has 0 unspecified atom stereocenters. The SMILES string of the molecule is COc1cc(OC)c(Cl)c(-c2ccc3nc(C[C@@H]4[C@H]5C[C@H]5C[C@@H]4C)ncc3c2)c1Cl. The fraction of sp³-hybridized carbons (Fsp3) is 0.417. The average Bonchev–Trinajstić information content (AvgIpc) is 3.44. The van der Waals surface area contributed by atoms with Gasteiger partial charge in [0.25, 0.3) is 0 Å². The number of halogens is 2. The van der Waals surface area contributed by atoms with Crippen molar-refractivity contribution in [1.82, 2.24) is 9.97 Å². The Morgan fingerprint density at radius 1 is 1.03 bits per heavy atom.